The minimum absolute atomic E-state index is 0.0851. The first-order valence-electron chi connectivity index (χ1n) is 12.4. The van der Waals surface area contributed by atoms with Crippen molar-refractivity contribution in [1.82, 2.24) is 15.2 Å². The predicted molar refractivity (Wildman–Crippen MR) is 137 cm³/mol. The van der Waals surface area contributed by atoms with Crippen molar-refractivity contribution in [3.05, 3.63) is 95.3 Å². The van der Waals surface area contributed by atoms with E-state index in [0.29, 0.717) is 39.0 Å². The number of amides is 2. The van der Waals surface area contributed by atoms with Crippen molar-refractivity contribution in [2.24, 2.45) is 0 Å². The van der Waals surface area contributed by atoms with Gasteiger partial charge in [-0.25, -0.2) is 0 Å². The number of ether oxygens (including phenoxy) is 1. The van der Waals surface area contributed by atoms with Gasteiger partial charge in [-0.05, 0) is 55.5 Å². The van der Waals surface area contributed by atoms with Crippen LogP contribution in [0.15, 0.2) is 72.9 Å². The van der Waals surface area contributed by atoms with Crippen LogP contribution in [-0.4, -0.2) is 46.1 Å². The number of hydrogen-bond acceptors (Lipinski definition) is 5. The molecule has 36 heavy (non-hydrogen) atoms. The van der Waals surface area contributed by atoms with Crippen LogP contribution in [0, 0.1) is 6.92 Å². The molecule has 1 aromatic heterocycles. The number of phenolic OH excluding ortho intramolecular Hbond substituents is 1. The highest BCUT2D eigenvalue weighted by Gasteiger charge is 2.37. The molecule has 0 saturated carbocycles. The Bertz CT molecular complexity index is 1140. The van der Waals surface area contributed by atoms with E-state index in [-0.39, 0.29) is 30.0 Å². The largest absolute Gasteiger partial charge is 0.508 e. The second-order valence-corrected chi connectivity index (χ2v) is 9.09. The highest BCUT2D eigenvalue weighted by atomic mass is 16.5. The molecule has 1 fully saturated rings. The number of aromatic hydroxyl groups is 1. The number of hydrogen-bond donors (Lipinski definition) is 2. The summed E-state index contributed by atoms with van der Waals surface area (Å²) in [4.78, 5) is 33.8. The van der Waals surface area contributed by atoms with Crippen molar-refractivity contribution in [3.8, 4) is 5.75 Å². The van der Waals surface area contributed by atoms with E-state index in [1.165, 1.54) is 0 Å². The fraction of sp³-hybridized carbons (Fsp3) is 0.345. The molecule has 1 unspecified atom stereocenters. The van der Waals surface area contributed by atoms with Crippen molar-refractivity contribution in [1.29, 1.82) is 0 Å². The number of carbonyl (C=O) groups is 2. The van der Waals surface area contributed by atoms with Gasteiger partial charge in [-0.15, -0.1) is 0 Å². The van der Waals surface area contributed by atoms with Crippen molar-refractivity contribution in [2.75, 3.05) is 13.2 Å². The Morgan fingerprint density at radius 2 is 1.75 bits per heavy atom. The maximum absolute atomic E-state index is 13.8. The molecule has 7 nitrogen and oxygen atoms in total. The van der Waals surface area contributed by atoms with E-state index in [9.17, 15) is 14.7 Å². The summed E-state index contributed by atoms with van der Waals surface area (Å²) in [6.45, 7) is 3.35. The average Bonchev–Trinajstić information content (AvgIpc) is 2.91. The molecule has 3 aromatic rings. The number of pyridine rings is 1. The summed E-state index contributed by atoms with van der Waals surface area (Å²) in [6, 6.07) is 19.4. The number of aryl methyl sites for hydroxylation is 2. The summed E-state index contributed by atoms with van der Waals surface area (Å²) < 4.78 is 5.57. The van der Waals surface area contributed by atoms with Crippen molar-refractivity contribution in [2.45, 2.75) is 51.2 Å². The first kappa shape index (κ1) is 25.4. The fourth-order valence-electron chi connectivity index (χ4n) is 4.65. The van der Waals surface area contributed by atoms with Crippen LogP contribution in [0.5, 0.6) is 5.75 Å². The molecular formula is C29H33N3O4. The van der Waals surface area contributed by atoms with E-state index < -0.39 is 6.04 Å². The predicted octanol–water partition coefficient (Wildman–Crippen LogP) is 4.09. The molecule has 0 bridgehead atoms. The average molecular weight is 488 g/mol. The normalized spacial score (nSPS) is 14.7. The Morgan fingerprint density at radius 1 is 1.03 bits per heavy atom. The minimum atomic E-state index is -0.794. The third kappa shape index (κ3) is 6.49. The van der Waals surface area contributed by atoms with Crippen LogP contribution in [0.4, 0.5) is 0 Å². The van der Waals surface area contributed by atoms with Gasteiger partial charge in [0.05, 0.1) is 0 Å². The smallest absolute Gasteiger partial charge is 0.247 e. The second kappa shape index (κ2) is 12.3. The van der Waals surface area contributed by atoms with Crippen molar-refractivity contribution >= 4 is 11.8 Å². The van der Waals surface area contributed by atoms with Crippen molar-refractivity contribution in [3.63, 3.8) is 0 Å². The molecule has 2 amide bonds. The van der Waals surface area contributed by atoms with Gasteiger partial charge < -0.3 is 20.1 Å². The van der Waals surface area contributed by atoms with E-state index in [2.05, 4.69) is 10.3 Å². The number of nitrogens with one attached hydrogen (secondary N) is 1. The van der Waals surface area contributed by atoms with Gasteiger partial charge in [0, 0.05) is 49.7 Å². The molecule has 2 aromatic carbocycles. The van der Waals surface area contributed by atoms with E-state index in [0.717, 1.165) is 22.4 Å². The molecule has 2 heterocycles. The summed E-state index contributed by atoms with van der Waals surface area (Å²) in [6.07, 6.45) is 3.82. The molecule has 1 atom stereocenters. The first-order chi connectivity index (χ1) is 17.5. The zero-order valence-corrected chi connectivity index (χ0v) is 20.6. The maximum atomic E-state index is 13.8. The van der Waals surface area contributed by atoms with Crippen LogP contribution in [0.2, 0.25) is 0 Å². The number of carbonyl (C=O) groups excluding carboxylic acids is 2. The quantitative estimate of drug-likeness (QED) is 0.474. The lowest BCUT2D eigenvalue weighted by atomic mass is 9.96. The summed E-state index contributed by atoms with van der Waals surface area (Å²) in [5.74, 6) is -0.117. The molecule has 0 aliphatic carbocycles. The minimum Gasteiger partial charge on any atom is -0.508 e. The first-order valence-corrected chi connectivity index (χ1v) is 12.4. The van der Waals surface area contributed by atoms with Crippen LogP contribution in [-0.2, 0) is 27.3 Å². The zero-order chi connectivity index (χ0) is 25.3. The van der Waals surface area contributed by atoms with Crippen LogP contribution >= 0.6 is 0 Å². The Labute approximate surface area is 212 Å². The van der Waals surface area contributed by atoms with Crippen LogP contribution in [0.3, 0.4) is 0 Å². The Hall–Kier alpha value is -3.71. The number of phenols is 1. The zero-order valence-electron chi connectivity index (χ0n) is 20.6. The van der Waals surface area contributed by atoms with Gasteiger partial charge in [-0.3, -0.25) is 14.6 Å². The molecule has 1 saturated heterocycles. The highest BCUT2D eigenvalue weighted by Crippen LogP contribution is 2.30. The standard InChI is InChI=1S/C29H33N3O4/c1-21-26(8-5-17-30-21)28(29(35)31-20-23-6-3-2-4-7-23)32(24-15-18-36-19-16-24)27(34)14-11-22-9-12-25(33)13-10-22/h2-10,12-13,17,24,28,33H,11,14-16,18-20H2,1H3,(H,31,35). The fourth-order valence-corrected chi connectivity index (χ4v) is 4.65. The number of aromatic nitrogens is 1. The molecule has 0 radical (unpaired) electrons. The van der Waals surface area contributed by atoms with E-state index in [1.807, 2.05) is 61.5 Å². The lowest BCUT2D eigenvalue weighted by molar-refractivity contribution is -0.146. The lowest BCUT2D eigenvalue weighted by Gasteiger charge is -2.40. The van der Waals surface area contributed by atoms with Gasteiger partial charge in [0.2, 0.25) is 11.8 Å². The Morgan fingerprint density at radius 3 is 2.44 bits per heavy atom. The topological polar surface area (TPSA) is 91.8 Å². The molecule has 1 aliphatic heterocycles. The van der Waals surface area contributed by atoms with Gasteiger partial charge in [0.1, 0.15) is 11.8 Å². The Balaban J connectivity index is 1.63. The molecule has 0 spiro atoms. The number of nitrogens with zero attached hydrogens (tertiary/aromatic N) is 2. The molecule has 4 rings (SSSR count). The third-order valence-corrected chi connectivity index (χ3v) is 6.61. The molecule has 7 heteroatoms. The second-order valence-electron chi connectivity index (χ2n) is 9.09. The Kier molecular flexibility index (Phi) is 8.68. The SMILES string of the molecule is Cc1ncccc1C(C(=O)NCc1ccccc1)N(C(=O)CCc1ccc(O)cc1)C1CCOCC1. The summed E-state index contributed by atoms with van der Waals surface area (Å²) in [7, 11) is 0. The van der Waals surface area contributed by atoms with E-state index >= 15 is 0 Å². The van der Waals surface area contributed by atoms with Gasteiger partial charge in [0.25, 0.3) is 0 Å². The monoisotopic (exact) mass is 487 g/mol. The highest BCUT2D eigenvalue weighted by molar-refractivity contribution is 5.89. The number of benzene rings is 2. The maximum Gasteiger partial charge on any atom is 0.247 e. The van der Waals surface area contributed by atoms with Gasteiger partial charge in [-0.1, -0.05) is 48.5 Å². The summed E-state index contributed by atoms with van der Waals surface area (Å²) in [5, 5.41) is 12.6. The molecule has 1 aliphatic rings. The third-order valence-electron chi connectivity index (χ3n) is 6.61. The van der Waals surface area contributed by atoms with Crippen LogP contribution in [0.1, 0.15) is 47.7 Å². The number of rotatable bonds is 9. The van der Waals surface area contributed by atoms with E-state index in [1.54, 1.807) is 23.2 Å². The molecule has 188 valence electrons. The van der Waals surface area contributed by atoms with Crippen molar-refractivity contribution < 1.29 is 19.4 Å². The van der Waals surface area contributed by atoms with Crippen LogP contribution < -0.4 is 5.32 Å². The van der Waals surface area contributed by atoms with Gasteiger partial charge >= 0.3 is 0 Å². The van der Waals surface area contributed by atoms with Crippen LogP contribution in [0.25, 0.3) is 0 Å². The van der Waals surface area contributed by atoms with Gasteiger partial charge in [0.15, 0.2) is 0 Å². The van der Waals surface area contributed by atoms with E-state index in [4.69, 9.17) is 4.74 Å². The lowest BCUT2D eigenvalue weighted by Crippen LogP contribution is -2.50. The molecule has 2 N–H and O–H groups in total. The summed E-state index contributed by atoms with van der Waals surface area (Å²) in [5.41, 5.74) is 3.40. The summed E-state index contributed by atoms with van der Waals surface area (Å²) >= 11 is 0. The van der Waals surface area contributed by atoms with Gasteiger partial charge in [-0.2, -0.15) is 0 Å². The molecular weight excluding hydrogens is 454 g/mol.